The lowest BCUT2D eigenvalue weighted by Crippen LogP contribution is -2.12. The fraction of sp³-hybridized carbons (Fsp3) is 0.0952. The lowest BCUT2D eigenvalue weighted by molar-refractivity contribution is 0.102. The van der Waals surface area contributed by atoms with E-state index in [0.29, 0.717) is 21.6 Å². The largest absolute Gasteiger partial charge is 0.497 e. The molecule has 0 aliphatic heterocycles. The van der Waals surface area contributed by atoms with Crippen LogP contribution in [0.1, 0.15) is 15.5 Å². The molecule has 0 spiro atoms. The third-order valence-corrected chi connectivity index (χ3v) is 5.65. The van der Waals surface area contributed by atoms with Crippen LogP contribution in [0, 0.1) is 5.82 Å². The number of anilines is 1. The van der Waals surface area contributed by atoms with Gasteiger partial charge in [-0.05, 0) is 48.5 Å². The molecule has 152 valence electrons. The highest BCUT2D eigenvalue weighted by Crippen LogP contribution is 2.27. The average molecular weight is 442 g/mol. The highest BCUT2D eigenvalue weighted by molar-refractivity contribution is 7.14. The molecule has 30 heavy (non-hydrogen) atoms. The number of ether oxygens (including phenoxy) is 2. The molecule has 0 atom stereocenters. The molecule has 0 fully saturated rings. The molecule has 2 aromatic heterocycles. The Kier molecular flexibility index (Phi) is 6.01. The van der Waals surface area contributed by atoms with Crippen molar-refractivity contribution in [1.82, 2.24) is 9.97 Å². The standard InChI is InChI=1S/C21H16FN3O3S2/c1-27-15-6-2-13(3-7-15)17-11-30-21(24-17)25-20(26)18-12-29-19(23-18)10-28-16-8-4-14(22)5-9-16/h2-9,11-12H,10H2,1H3,(H,24,25,26). The van der Waals surface area contributed by atoms with Crippen molar-refractivity contribution >= 4 is 33.7 Å². The number of carbonyl (C=O) groups excluding carboxylic acids is 1. The Morgan fingerprint density at radius 3 is 2.47 bits per heavy atom. The number of thiazole rings is 2. The van der Waals surface area contributed by atoms with Crippen molar-refractivity contribution in [2.75, 3.05) is 12.4 Å². The molecule has 2 heterocycles. The fourth-order valence-electron chi connectivity index (χ4n) is 2.54. The van der Waals surface area contributed by atoms with Gasteiger partial charge in [0.05, 0.1) is 12.8 Å². The van der Waals surface area contributed by atoms with Crippen molar-refractivity contribution < 1.29 is 18.7 Å². The lowest BCUT2D eigenvalue weighted by atomic mass is 10.2. The monoisotopic (exact) mass is 441 g/mol. The summed E-state index contributed by atoms with van der Waals surface area (Å²) in [7, 11) is 1.62. The highest BCUT2D eigenvalue weighted by atomic mass is 32.1. The van der Waals surface area contributed by atoms with Crippen LogP contribution >= 0.6 is 22.7 Å². The van der Waals surface area contributed by atoms with Gasteiger partial charge in [-0.1, -0.05) is 0 Å². The maximum atomic E-state index is 12.9. The molecule has 6 nitrogen and oxygen atoms in total. The van der Waals surface area contributed by atoms with Crippen molar-refractivity contribution in [2.24, 2.45) is 0 Å². The first kappa shape index (κ1) is 20.0. The van der Waals surface area contributed by atoms with Crippen LogP contribution in [-0.2, 0) is 6.61 Å². The van der Waals surface area contributed by atoms with E-state index >= 15 is 0 Å². The Balaban J connectivity index is 1.36. The maximum Gasteiger partial charge on any atom is 0.276 e. The van der Waals surface area contributed by atoms with E-state index in [9.17, 15) is 9.18 Å². The fourth-order valence-corrected chi connectivity index (χ4v) is 3.94. The second-order valence-corrected chi connectivity index (χ2v) is 7.89. The summed E-state index contributed by atoms with van der Waals surface area (Å²) in [6.07, 6.45) is 0. The molecule has 1 N–H and O–H groups in total. The summed E-state index contributed by atoms with van der Waals surface area (Å²) in [5, 5.41) is 7.44. The number of rotatable bonds is 7. The molecular weight excluding hydrogens is 425 g/mol. The molecule has 0 saturated carbocycles. The molecule has 4 aromatic rings. The number of hydrogen-bond donors (Lipinski definition) is 1. The summed E-state index contributed by atoms with van der Waals surface area (Å²) in [5.74, 6) is 0.638. The number of halogens is 1. The minimum absolute atomic E-state index is 0.197. The van der Waals surface area contributed by atoms with Gasteiger partial charge in [0.2, 0.25) is 0 Å². The number of aromatic nitrogens is 2. The minimum atomic E-state index is -0.338. The average Bonchev–Trinajstić information content (AvgIpc) is 3.43. The van der Waals surface area contributed by atoms with Gasteiger partial charge in [0, 0.05) is 16.3 Å². The molecule has 4 rings (SSSR count). The summed E-state index contributed by atoms with van der Waals surface area (Å²) in [5.41, 5.74) is 1.99. The molecule has 0 aliphatic carbocycles. The normalized spacial score (nSPS) is 10.6. The van der Waals surface area contributed by atoms with Crippen molar-refractivity contribution in [3.8, 4) is 22.8 Å². The van der Waals surface area contributed by atoms with Crippen LogP contribution < -0.4 is 14.8 Å². The number of hydrogen-bond acceptors (Lipinski definition) is 7. The van der Waals surface area contributed by atoms with E-state index in [1.807, 2.05) is 29.6 Å². The van der Waals surface area contributed by atoms with E-state index in [0.717, 1.165) is 17.0 Å². The van der Waals surface area contributed by atoms with E-state index in [1.54, 1.807) is 24.6 Å². The lowest BCUT2D eigenvalue weighted by Gasteiger charge is -2.03. The third-order valence-electron chi connectivity index (χ3n) is 4.07. The zero-order valence-electron chi connectivity index (χ0n) is 15.8. The molecule has 2 aromatic carbocycles. The predicted octanol–water partition coefficient (Wildman–Crippen LogP) is 5.25. The third kappa shape index (κ3) is 4.81. The van der Waals surface area contributed by atoms with Gasteiger partial charge in [-0.15, -0.1) is 22.7 Å². The van der Waals surface area contributed by atoms with E-state index in [4.69, 9.17) is 9.47 Å². The minimum Gasteiger partial charge on any atom is -0.497 e. The molecule has 9 heteroatoms. The Morgan fingerprint density at radius 2 is 1.73 bits per heavy atom. The Labute approximate surface area is 180 Å². The van der Waals surface area contributed by atoms with Crippen LogP contribution in [0.5, 0.6) is 11.5 Å². The number of methoxy groups -OCH3 is 1. The summed E-state index contributed by atoms with van der Waals surface area (Å²) in [4.78, 5) is 21.2. The molecule has 0 aliphatic rings. The van der Waals surface area contributed by atoms with E-state index < -0.39 is 0 Å². The van der Waals surface area contributed by atoms with Crippen molar-refractivity contribution in [3.05, 3.63) is 75.8 Å². The number of benzene rings is 2. The van der Waals surface area contributed by atoms with Gasteiger partial charge >= 0.3 is 0 Å². The van der Waals surface area contributed by atoms with Gasteiger partial charge in [-0.3, -0.25) is 10.1 Å². The predicted molar refractivity (Wildman–Crippen MR) is 115 cm³/mol. The molecule has 0 bridgehead atoms. The zero-order valence-corrected chi connectivity index (χ0v) is 17.4. The first-order valence-electron chi connectivity index (χ1n) is 8.85. The van der Waals surface area contributed by atoms with Gasteiger partial charge in [-0.25, -0.2) is 14.4 Å². The van der Waals surface area contributed by atoms with Gasteiger partial charge in [-0.2, -0.15) is 0 Å². The van der Waals surface area contributed by atoms with Crippen LogP contribution in [0.15, 0.2) is 59.3 Å². The van der Waals surface area contributed by atoms with E-state index in [1.165, 1.54) is 34.8 Å². The summed E-state index contributed by atoms with van der Waals surface area (Å²) in [6.45, 7) is 0.197. The molecule has 0 saturated heterocycles. The second kappa shape index (κ2) is 9.02. The Morgan fingerprint density at radius 1 is 1.00 bits per heavy atom. The number of carbonyl (C=O) groups is 1. The van der Waals surface area contributed by atoms with Gasteiger partial charge in [0.1, 0.15) is 34.6 Å². The summed E-state index contributed by atoms with van der Waals surface area (Å²) in [6, 6.07) is 13.3. The maximum absolute atomic E-state index is 12.9. The Hall–Kier alpha value is -3.30. The Bertz CT molecular complexity index is 1140. The summed E-state index contributed by atoms with van der Waals surface area (Å²) < 4.78 is 23.6. The first-order valence-corrected chi connectivity index (χ1v) is 10.6. The zero-order chi connectivity index (χ0) is 20.9. The van der Waals surface area contributed by atoms with Crippen molar-refractivity contribution in [3.63, 3.8) is 0 Å². The summed E-state index contributed by atoms with van der Waals surface area (Å²) >= 11 is 2.66. The van der Waals surface area contributed by atoms with Gasteiger partial charge < -0.3 is 9.47 Å². The van der Waals surface area contributed by atoms with Crippen LogP contribution in [0.4, 0.5) is 9.52 Å². The smallest absolute Gasteiger partial charge is 0.276 e. The molecule has 1 amide bonds. The van der Waals surface area contributed by atoms with Crippen LogP contribution in [-0.4, -0.2) is 23.0 Å². The van der Waals surface area contributed by atoms with Gasteiger partial charge in [0.25, 0.3) is 5.91 Å². The molecule has 0 radical (unpaired) electrons. The highest BCUT2D eigenvalue weighted by Gasteiger charge is 2.14. The van der Waals surface area contributed by atoms with E-state index in [-0.39, 0.29) is 18.3 Å². The molecular formula is C21H16FN3O3S2. The SMILES string of the molecule is COc1ccc(-c2csc(NC(=O)c3csc(COc4ccc(F)cc4)n3)n2)cc1. The second-order valence-electron chi connectivity index (χ2n) is 6.09. The van der Waals surface area contributed by atoms with Crippen LogP contribution in [0.25, 0.3) is 11.3 Å². The number of nitrogens with one attached hydrogen (secondary N) is 1. The first-order chi connectivity index (χ1) is 14.6. The van der Waals surface area contributed by atoms with Crippen molar-refractivity contribution in [1.29, 1.82) is 0 Å². The topological polar surface area (TPSA) is 73.3 Å². The number of nitrogens with zero attached hydrogens (tertiary/aromatic N) is 2. The quantitative estimate of drug-likeness (QED) is 0.424. The van der Waals surface area contributed by atoms with E-state index in [2.05, 4.69) is 15.3 Å². The molecule has 0 unspecified atom stereocenters. The number of amides is 1. The van der Waals surface area contributed by atoms with Gasteiger partial charge in [0.15, 0.2) is 5.13 Å². The van der Waals surface area contributed by atoms with Crippen LogP contribution in [0.2, 0.25) is 0 Å². The van der Waals surface area contributed by atoms with Crippen LogP contribution in [0.3, 0.4) is 0 Å². The van der Waals surface area contributed by atoms with Crippen molar-refractivity contribution in [2.45, 2.75) is 6.61 Å².